The van der Waals surface area contributed by atoms with Crippen LogP contribution in [0.3, 0.4) is 0 Å². The lowest BCUT2D eigenvalue weighted by Gasteiger charge is -2.05. The van der Waals surface area contributed by atoms with Crippen LogP contribution in [0, 0.1) is 6.92 Å². The minimum absolute atomic E-state index is 0.115. The summed E-state index contributed by atoms with van der Waals surface area (Å²) in [4.78, 5) is 6.42. The first-order valence-electron chi connectivity index (χ1n) is 3.72. The number of aryl methyl sites for hydroxylation is 1. The van der Waals surface area contributed by atoms with Crippen molar-refractivity contribution in [2.75, 3.05) is 6.26 Å². The zero-order valence-corrected chi connectivity index (χ0v) is 11.2. The number of nitrogens with zero attached hydrogens (tertiary/aromatic N) is 2. The zero-order valence-electron chi connectivity index (χ0n) is 8.10. The molecule has 0 spiro atoms. The van der Waals surface area contributed by atoms with E-state index in [9.17, 15) is 16.8 Å². The molecule has 0 saturated heterocycles. The van der Waals surface area contributed by atoms with Crippen molar-refractivity contribution in [1.82, 2.24) is 9.97 Å². The fourth-order valence-electron chi connectivity index (χ4n) is 0.946. The average Bonchev–Trinajstić information content (AvgIpc) is 1.97. The smallest absolute Gasteiger partial charge is 0.222 e. The van der Waals surface area contributed by atoms with Crippen LogP contribution in [-0.4, -0.2) is 33.1 Å². The van der Waals surface area contributed by atoms with Crippen molar-refractivity contribution in [1.29, 1.82) is 0 Å². The summed E-state index contributed by atoms with van der Waals surface area (Å²) in [6, 6.07) is 0. The molecule has 0 aliphatic carbocycles. The van der Waals surface area contributed by atoms with Crippen molar-refractivity contribution in [3.63, 3.8) is 0 Å². The maximum Gasteiger partial charge on any atom is 0.266 e. The number of aromatic nitrogens is 2. The first-order chi connectivity index (χ1) is 7.03. The SMILES string of the molecule is Cc1nc(S(C)(=O)=O)nc(Cl)c1S(=O)(=O)Cl. The molecule has 1 rings (SSSR count). The molecule has 0 radical (unpaired) electrons. The van der Waals surface area contributed by atoms with E-state index < -0.39 is 34.1 Å². The number of hydrogen-bond acceptors (Lipinski definition) is 6. The summed E-state index contributed by atoms with van der Waals surface area (Å²) in [6.07, 6.45) is 0.882. The van der Waals surface area contributed by atoms with Crippen molar-refractivity contribution in [2.45, 2.75) is 17.0 Å². The van der Waals surface area contributed by atoms with Crippen LogP contribution in [0.4, 0.5) is 0 Å². The normalized spacial score (nSPS) is 12.8. The Morgan fingerprint density at radius 1 is 1.12 bits per heavy atom. The fraction of sp³-hybridized carbons (Fsp3) is 0.333. The highest BCUT2D eigenvalue weighted by molar-refractivity contribution is 8.13. The van der Waals surface area contributed by atoms with E-state index in [0.717, 1.165) is 6.26 Å². The van der Waals surface area contributed by atoms with Crippen molar-refractivity contribution in [3.05, 3.63) is 10.8 Å². The molecule has 1 aromatic rings. The summed E-state index contributed by atoms with van der Waals surface area (Å²) in [5.74, 6) is 0. The van der Waals surface area contributed by atoms with Crippen LogP contribution in [0.1, 0.15) is 5.69 Å². The van der Waals surface area contributed by atoms with E-state index in [0.29, 0.717) is 0 Å². The van der Waals surface area contributed by atoms with Gasteiger partial charge in [0.15, 0.2) is 5.15 Å². The molecule has 0 amide bonds. The van der Waals surface area contributed by atoms with Gasteiger partial charge in [-0.15, -0.1) is 0 Å². The minimum Gasteiger partial charge on any atom is -0.222 e. The molecule has 90 valence electrons. The summed E-state index contributed by atoms with van der Waals surface area (Å²) in [5, 5.41) is -1.05. The first kappa shape index (κ1) is 13.6. The Hall–Kier alpha value is -0.440. The largest absolute Gasteiger partial charge is 0.266 e. The molecule has 0 unspecified atom stereocenters. The van der Waals surface area contributed by atoms with Crippen LogP contribution in [0.5, 0.6) is 0 Å². The summed E-state index contributed by atoms with van der Waals surface area (Å²) < 4.78 is 44.4. The lowest BCUT2D eigenvalue weighted by molar-refractivity contribution is 0.588. The second-order valence-electron chi connectivity index (χ2n) is 2.92. The van der Waals surface area contributed by atoms with Crippen molar-refractivity contribution in [3.8, 4) is 0 Å². The number of sulfone groups is 1. The van der Waals surface area contributed by atoms with E-state index >= 15 is 0 Å². The summed E-state index contributed by atoms with van der Waals surface area (Å²) in [6.45, 7) is 1.28. The van der Waals surface area contributed by atoms with Crippen molar-refractivity contribution < 1.29 is 16.8 Å². The van der Waals surface area contributed by atoms with E-state index in [-0.39, 0.29) is 5.69 Å². The third-order valence-electron chi connectivity index (χ3n) is 1.55. The van der Waals surface area contributed by atoms with Gasteiger partial charge in [0.1, 0.15) is 4.90 Å². The second-order valence-corrected chi connectivity index (χ2v) is 7.69. The molecule has 1 heterocycles. The predicted octanol–water partition coefficient (Wildman–Crippen LogP) is 0.769. The second kappa shape index (κ2) is 4.10. The monoisotopic (exact) mass is 304 g/mol. The number of halogens is 2. The molecule has 0 saturated carbocycles. The number of hydrogen-bond donors (Lipinski definition) is 0. The Morgan fingerprint density at radius 3 is 1.94 bits per heavy atom. The molecule has 0 aromatic carbocycles. The molecule has 0 fully saturated rings. The van der Waals surface area contributed by atoms with Gasteiger partial charge >= 0.3 is 0 Å². The van der Waals surface area contributed by atoms with E-state index in [4.69, 9.17) is 22.3 Å². The van der Waals surface area contributed by atoms with Crippen LogP contribution in [0.2, 0.25) is 5.15 Å². The molecule has 0 N–H and O–H groups in total. The van der Waals surface area contributed by atoms with E-state index in [1.807, 2.05) is 0 Å². The highest BCUT2D eigenvalue weighted by Gasteiger charge is 2.24. The van der Waals surface area contributed by atoms with Crippen LogP contribution in [0.15, 0.2) is 10.1 Å². The maximum atomic E-state index is 11.1. The van der Waals surface area contributed by atoms with E-state index in [1.54, 1.807) is 0 Å². The van der Waals surface area contributed by atoms with E-state index in [1.165, 1.54) is 6.92 Å². The van der Waals surface area contributed by atoms with Gasteiger partial charge in [-0.1, -0.05) is 11.6 Å². The maximum absolute atomic E-state index is 11.1. The van der Waals surface area contributed by atoms with Gasteiger partial charge in [0.05, 0.1) is 5.69 Å². The standard InChI is InChI=1S/C6H6Cl2N2O4S2/c1-3-4(16(8,13)14)5(7)10-6(9-3)15(2,11)12/h1-2H3. The van der Waals surface area contributed by atoms with Crippen molar-refractivity contribution >= 4 is 41.2 Å². The number of rotatable bonds is 2. The van der Waals surface area contributed by atoms with Gasteiger partial charge in [0, 0.05) is 16.9 Å². The predicted molar refractivity (Wildman–Crippen MR) is 57.9 cm³/mol. The van der Waals surface area contributed by atoms with Crippen LogP contribution < -0.4 is 0 Å². The highest BCUT2D eigenvalue weighted by Crippen LogP contribution is 2.26. The molecule has 10 heteroatoms. The quantitative estimate of drug-likeness (QED) is 0.455. The lowest BCUT2D eigenvalue weighted by atomic mass is 10.5. The molecule has 16 heavy (non-hydrogen) atoms. The molecule has 1 aromatic heterocycles. The van der Waals surface area contributed by atoms with E-state index in [2.05, 4.69) is 9.97 Å². The third kappa shape index (κ3) is 2.82. The minimum atomic E-state index is -4.11. The fourth-order valence-corrected chi connectivity index (χ4v) is 3.40. The zero-order chi connectivity index (χ0) is 12.7. The summed E-state index contributed by atoms with van der Waals surface area (Å²) in [7, 11) is -2.67. The van der Waals surface area contributed by atoms with Crippen LogP contribution in [-0.2, 0) is 18.9 Å². The molecule has 0 aliphatic rings. The molecule has 0 aliphatic heterocycles. The van der Waals surface area contributed by atoms with Gasteiger partial charge in [0.25, 0.3) is 9.05 Å². The Labute approximate surface area is 102 Å². The summed E-state index contributed by atoms with van der Waals surface area (Å²) in [5.41, 5.74) is -0.115. The Bertz CT molecular complexity index is 615. The van der Waals surface area contributed by atoms with Gasteiger partial charge in [-0.3, -0.25) is 0 Å². The molecular formula is C6H6Cl2N2O4S2. The van der Waals surface area contributed by atoms with Crippen LogP contribution >= 0.6 is 22.3 Å². The highest BCUT2D eigenvalue weighted by atomic mass is 35.7. The van der Waals surface area contributed by atoms with Gasteiger partial charge in [-0.2, -0.15) is 0 Å². The van der Waals surface area contributed by atoms with Gasteiger partial charge < -0.3 is 0 Å². The summed E-state index contributed by atoms with van der Waals surface area (Å²) >= 11 is 5.55. The first-order valence-corrected chi connectivity index (χ1v) is 8.30. The van der Waals surface area contributed by atoms with Crippen LogP contribution in [0.25, 0.3) is 0 Å². The van der Waals surface area contributed by atoms with Crippen molar-refractivity contribution in [2.24, 2.45) is 0 Å². The molecule has 0 bridgehead atoms. The van der Waals surface area contributed by atoms with Gasteiger partial charge in [-0.05, 0) is 6.92 Å². The van der Waals surface area contributed by atoms with Gasteiger partial charge in [0.2, 0.25) is 15.0 Å². The third-order valence-corrected chi connectivity index (χ3v) is 4.22. The Kier molecular flexibility index (Phi) is 3.49. The molecule has 6 nitrogen and oxygen atoms in total. The lowest BCUT2D eigenvalue weighted by Crippen LogP contribution is -2.09. The molecule has 0 atom stereocenters. The Morgan fingerprint density at radius 2 is 1.62 bits per heavy atom. The molecular weight excluding hydrogens is 299 g/mol. The Balaban J connectivity index is 3.66. The van der Waals surface area contributed by atoms with Gasteiger partial charge in [-0.25, -0.2) is 26.8 Å². The topological polar surface area (TPSA) is 94.1 Å². The average molecular weight is 305 g/mol.